The van der Waals surface area contributed by atoms with E-state index >= 15 is 0 Å². The van der Waals surface area contributed by atoms with E-state index < -0.39 is 0 Å². The van der Waals surface area contributed by atoms with Crippen LogP contribution in [0.15, 0.2) is 41.4 Å². The van der Waals surface area contributed by atoms with Crippen LogP contribution in [0.4, 0.5) is 0 Å². The normalized spacial score (nSPS) is 19.4. The molecule has 3 heterocycles. The van der Waals surface area contributed by atoms with Gasteiger partial charge in [-0.25, -0.2) is 0 Å². The molecular formula is C14H15N3OS. The Morgan fingerprint density at radius 1 is 1.37 bits per heavy atom. The van der Waals surface area contributed by atoms with E-state index in [1.807, 2.05) is 33.9 Å². The van der Waals surface area contributed by atoms with Crippen molar-refractivity contribution in [2.75, 3.05) is 19.6 Å². The highest BCUT2D eigenvalue weighted by atomic mass is 32.1. The number of thiophene rings is 1. The van der Waals surface area contributed by atoms with Gasteiger partial charge in [-0.15, -0.1) is 0 Å². The van der Waals surface area contributed by atoms with Gasteiger partial charge in [-0.1, -0.05) is 0 Å². The number of carbonyl (C=O) groups is 1. The monoisotopic (exact) mass is 273 g/mol. The van der Waals surface area contributed by atoms with Gasteiger partial charge in [0, 0.05) is 37.4 Å². The Morgan fingerprint density at radius 2 is 2.21 bits per heavy atom. The summed E-state index contributed by atoms with van der Waals surface area (Å²) in [5, 5.41) is 7.30. The van der Waals surface area contributed by atoms with Gasteiger partial charge in [0.2, 0.25) is 0 Å². The van der Waals surface area contributed by atoms with Crippen molar-refractivity contribution in [3.05, 3.63) is 52.5 Å². The molecule has 1 aliphatic rings. The molecule has 5 heteroatoms. The zero-order valence-electron chi connectivity index (χ0n) is 10.5. The summed E-state index contributed by atoms with van der Waals surface area (Å²) in [6, 6.07) is 6.07. The Bertz CT molecular complexity index is 541. The number of hydrogen-bond donors (Lipinski definition) is 1. The minimum atomic E-state index is 0.127. The number of carbonyl (C=O) groups excluding carboxylic acids is 1. The summed E-state index contributed by atoms with van der Waals surface area (Å²) in [6.45, 7) is 2.29. The molecule has 1 fully saturated rings. The molecule has 2 aromatic rings. The van der Waals surface area contributed by atoms with E-state index in [-0.39, 0.29) is 11.9 Å². The van der Waals surface area contributed by atoms with Crippen molar-refractivity contribution in [3.8, 4) is 0 Å². The first-order valence-electron chi connectivity index (χ1n) is 6.29. The summed E-state index contributed by atoms with van der Waals surface area (Å²) in [6.07, 6.45) is 3.58. The molecule has 1 aliphatic heterocycles. The van der Waals surface area contributed by atoms with Gasteiger partial charge in [-0.2, -0.15) is 11.3 Å². The van der Waals surface area contributed by atoms with E-state index in [2.05, 4.69) is 10.3 Å². The summed E-state index contributed by atoms with van der Waals surface area (Å²) in [5.41, 5.74) is 1.97. The number of rotatable bonds is 2. The SMILES string of the molecule is O=C(c1ccsc1)N1CCN[C@H](c2ccncc2)C1. The van der Waals surface area contributed by atoms with Gasteiger partial charge in [0.05, 0.1) is 11.6 Å². The van der Waals surface area contributed by atoms with E-state index in [1.165, 1.54) is 5.56 Å². The van der Waals surface area contributed by atoms with Gasteiger partial charge >= 0.3 is 0 Å². The van der Waals surface area contributed by atoms with E-state index in [9.17, 15) is 4.79 Å². The molecule has 0 saturated carbocycles. The maximum atomic E-state index is 12.3. The second kappa shape index (κ2) is 5.50. The van der Waals surface area contributed by atoms with Crippen LogP contribution in [0.5, 0.6) is 0 Å². The van der Waals surface area contributed by atoms with Gasteiger partial charge < -0.3 is 10.2 Å². The Hall–Kier alpha value is -1.72. The molecule has 3 rings (SSSR count). The lowest BCUT2D eigenvalue weighted by Gasteiger charge is -2.33. The topological polar surface area (TPSA) is 45.2 Å². The Morgan fingerprint density at radius 3 is 2.95 bits per heavy atom. The van der Waals surface area contributed by atoms with Crippen molar-refractivity contribution in [1.82, 2.24) is 15.2 Å². The summed E-state index contributed by atoms with van der Waals surface area (Å²) in [4.78, 5) is 18.3. The van der Waals surface area contributed by atoms with E-state index in [4.69, 9.17) is 0 Å². The molecule has 0 aliphatic carbocycles. The fourth-order valence-corrected chi connectivity index (χ4v) is 2.95. The average molecular weight is 273 g/mol. The standard InChI is InChI=1S/C14H15N3OS/c18-14(12-3-8-19-10-12)17-7-6-16-13(9-17)11-1-4-15-5-2-11/h1-5,8,10,13,16H,6-7,9H2/t13-/m0/s1. The fourth-order valence-electron chi connectivity index (χ4n) is 2.32. The van der Waals surface area contributed by atoms with Crippen molar-refractivity contribution in [1.29, 1.82) is 0 Å². The third-order valence-electron chi connectivity index (χ3n) is 3.34. The maximum absolute atomic E-state index is 12.3. The maximum Gasteiger partial charge on any atom is 0.254 e. The first-order valence-corrected chi connectivity index (χ1v) is 7.23. The zero-order valence-corrected chi connectivity index (χ0v) is 11.3. The van der Waals surface area contributed by atoms with Crippen molar-refractivity contribution in [2.24, 2.45) is 0 Å². The van der Waals surface area contributed by atoms with Crippen molar-refractivity contribution < 1.29 is 4.79 Å². The Labute approximate surface area is 116 Å². The molecule has 1 N–H and O–H groups in total. The Balaban J connectivity index is 1.73. The lowest BCUT2D eigenvalue weighted by molar-refractivity contribution is 0.0703. The Kier molecular flexibility index (Phi) is 3.57. The molecule has 0 unspecified atom stereocenters. The number of piperazine rings is 1. The summed E-state index contributed by atoms with van der Waals surface area (Å²) in [5.74, 6) is 0.127. The van der Waals surface area contributed by atoms with Crippen LogP contribution in [0.25, 0.3) is 0 Å². The molecule has 2 aromatic heterocycles. The van der Waals surface area contributed by atoms with Crippen LogP contribution in [0.2, 0.25) is 0 Å². The third kappa shape index (κ3) is 2.67. The highest BCUT2D eigenvalue weighted by Gasteiger charge is 2.25. The molecule has 19 heavy (non-hydrogen) atoms. The molecule has 1 saturated heterocycles. The second-order valence-corrected chi connectivity index (χ2v) is 5.33. The molecule has 0 bridgehead atoms. The first kappa shape index (κ1) is 12.3. The fraction of sp³-hybridized carbons (Fsp3) is 0.286. The van der Waals surface area contributed by atoms with Gasteiger partial charge in [-0.05, 0) is 29.1 Å². The molecular weight excluding hydrogens is 258 g/mol. The van der Waals surface area contributed by atoms with Crippen LogP contribution < -0.4 is 5.32 Å². The summed E-state index contributed by atoms with van der Waals surface area (Å²) in [7, 11) is 0. The molecule has 1 atom stereocenters. The van der Waals surface area contributed by atoms with E-state index in [0.717, 1.165) is 18.7 Å². The average Bonchev–Trinajstić information content (AvgIpc) is 3.02. The lowest BCUT2D eigenvalue weighted by atomic mass is 10.1. The van der Waals surface area contributed by atoms with Crippen LogP contribution in [0.1, 0.15) is 22.0 Å². The number of nitrogens with zero attached hydrogens (tertiary/aromatic N) is 2. The molecule has 1 amide bonds. The van der Waals surface area contributed by atoms with Gasteiger partial charge in [-0.3, -0.25) is 9.78 Å². The largest absolute Gasteiger partial charge is 0.335 e. The predicted molar refractivity (Wildman–Crippen MR) is 75.2 cm³/mol. The van der Waals surface area contributed by atoms with Crippen molar-refractivity contribution in [3.63, 3.8) is 0 Å². The number of nitrogens with one attached hydrogen (secondary N) is 1. The van der Waals surface area contributed by atoms with Crippen molar-refractivity contribution in [2.45, 2.75) is 6.04 Å². The molecule has 0 radical (unpaired) electrons. The summed E-state index contributed by atoms with van der Waals surface area (Å²) >= 11 is 1.56. The second-order valence-electron chi connectivity index (χ2n) is 4.55. The lowest BCUT2D eigenvalue weighted by Crippen LogP contribution is -2.48. The van der Waals surface area contributed by atoms with Crippen LogP contribution in [-0.2, 0) is 0 Å². The van der Waals surface area contributed by atoms with Crippen LogP contribution >= 0.6 is 11.3 Å². The quantitative estimate of drug-likeness (QED) is 0.909. The third-order valence-corrected chi connectivity index (χ3v) is 4.02. The van der Waals surface area contributed by atoms with Gasteiger partial charge in [0.25, 0.3) is 5.91 Å². The van der Waals surface area contributed by atoms with Crippen LogP contribution in [0, 0.1) is 0 Å². The number of hydrogen-bond acceptors (Lipinski definition) is 4. The summed E-state index contributed by atoms with van der Waals surface area (Å²) < 4.78 is 0. The number of amides is 1. The van der Waals surface area contributed by atoms with Crippen LogP contribution in [-0.4, -0.2) is 35.4 Å². The predicted octanol–water partition coefficient (Wildman–Crippen LogP) is 1.93. The van der Waals surface area contributed by atoms with E-state index in [0.29, 0.717) is 6.54 Å². The smallest absolute Gasteiger partial charge is 0.254 e. The molecule has 0 spiro atoms. The highest BCUT2D eigenvalue weighted by Crippen LogP contribution is 2.18. The number of pyridine rings is 1. The van der Waals surface area contributed by atoms with Crippen LogP contribution in [0.3, 0.4) is 0 Å². The zero-order chi connectivity index (χ0) is 13.1. The minimum absolute atomic E-state index is 0.127. The number of aromatic nitrogens is 1. The van der Waals surface area contributed by atoms with Gasteiger partial charge in [0.15, 0.2) is 0 Å². The minimum Gasteiger partial charge on any atom is -0.335 e. The molecule has 0 aromatic carbocycles. The van der Waals surface area contributed by atoms with Gasteiger partial charge in [0.1, 0.15) is 0 Å². The van der Waals surface area contributed by atoms with Crippen molar-refractivity contribution >= 4 is 17.2 Å². The van der Waals surface area contributed by atoms with E-state index in [1.54, 1.807) is 23.7 Å². The molecule has 4 nitrogen and oxygen atoms in total. The highest BCUT2D eigenvalue weighted by molar-refractivity contribution is 7.08. The molecule has 98 valence electrons. The first-order chi connectivity index (χ1) is 9.34.